The smallest absolute Gasteiger partial charge is 0.315 e. The second-order valence-electron chi connectivity index (χ2n) is 4.26. The van der Waals surface area contributed by atoms with Crippen molar-refractivity contribution in [3.63, 3.8) is 0 Å². The lowest BCUT2D eigenvalue weighted by molar-refractivity contribution is -0.226. The Bertz CT molecular complexity index is 309. The maximum Gasteiger partial charge on any atom is 0.445 e. The monoisotopic (exact) mass is 310 g/mol. The van der Waals surface area contributed by atoms with Crippen LogP contribution in [0.1, 0.15) is 45.4 Å². The fourth-order valence-electron chi connectivity index (χ4n) is 1.40. The molecule has 0 aromatic heterocycles. The summed E-state index contributed by atoms with van der Waals surface area (Å²) in [6.07, 6.45) is -6.36. The zero-order valence-corrected chi connectivity index (χ0v) is 11.0. The summed E-state index contributed by atoms with van der Waals surface area (Å²) in [7, 11) is 0. The van der Waals surface area contributed by atoms with E-state index in [0.29, 0.717) is 6.42 Å². The topological polar surface area (TPSA) is 9.23 Å². The highest BCUT2D eigenvalue weighted by Crippen LogP contribution is 2.37. The van der Waals surface area contributed by atoms with E-state index in [1.54, 1.807) is 0 Å². The zero-order chi connectivity index (χ0) is 15.8. The van der Waals surface area contributed by atoms with Gasteiger partial charge in [-0.25, -0.2) is 0 Å². The Balaban J connectivity index is 4.19. The van der Waals surface area contributed by atoms with Crippen molar-refractivity contribution in [3.8, 4) is 0 Å². The van der Waals surface area contributed by atoms with E-state index >= 15 is 0 Å². The van der Waals surface area contributed by atoms with Crippen molar-refractivity contribution < 1.29 is 35.5 Å². The fourth-order valence-corrected chi connectivity index (χ4v) is 1.40. The molecule has 0 bridgehead atoms. The molecule has 0 radical (unpaired) electrons. The molecule has 20 heavy (non-hydrogen) atoms. The van der Waals surface area contributed by atoms with Gasteiger partial charge in [-0.2, -0.15) is 30.7 Å². The molecule has 0 unspecified atom stereocenters. The molecule has 0 saturated heterocycles. The lowest BCUT2D eigenvalue weighted by Gasteiger charge is -2.16. The molecule has 0 rings (SSSR count). The number of alkyl halides is 5. The lowest BCUT2D eigenvalue weighted by Crippen LogP contribution is -2.26. The summed E-state index contributed by atoms with van der Waals surface area (Å²) in [5.41, 5.74) is 0. The third-order valence-electron chi connectivity index (χ3n) is 2.48. The van der Waals surface area contributed by atoms with Crippen LogP contribution in [0.3, 0.4) is 0 Å². The molecule has 0 spiro atoms. The number of rotatable bonds is 9. The summed E-state index contributed by atoms with van der Waals surface area (Å²) in [5, 5.41) is 0. The molecule has 0 N–H and O–H groups in total. The second-order valence-corrected chi connectivity index (χ2v) is 4.26. The normalized spacial score (nSPS) is 14.4. The first kappa shape index (κ1) is 19.2. The van der Waals surface area contributed by atoms with Crippen molar-refractivity contribution in [3.05, 3.63) is 11.7 Å². The van der Waals surface area contributed by atoms with Crippen molar-refractivity contribution in [1.82, 2.24) is 0 Å². The van der Waals surface area contributed by atoms with Gasteiger partial charge in [0, 0.05) is 0 Å². The molecule has 0 fully saturated rings. The maximum absolute atomic E-state index is 12.8. The molecular weight excluding hydrogens is 293 g/mol. The average molecular weight is 310 g/mol. The second kappa shape index (κ2) is 8.49. The Labute approximate surface area is 112 Å². The van der Waals surface area contributed by atoms with Gasteiger partial charge in [-0.15, -0.1) is 0 Å². The van der Waals surface area contributed by atoms with Gasteiger partial charge in [0.2, 0.25) is 11.7 Å². The molecule has 0 aromatic rings. The predicted octanol–water partition coefficient (Wildman–Crippen LogP) is 5.67. The Morgan fingerprint density at radius 3 is 1.80 bits per heavy atom. The molecule has 0 saturated carbocycles. The first-order chi connectivity index (χ1) is 9.13. The van der Waals surface area contributed by atoms with Gasteiger partial charge in [-0.3, -0.25) is 0 Å². The standard InChI is InChI=1S/C12H17F7O/c1-2-3-4-5-6-7-8-20-12(18,19)10(14)9(13)11(15,16)17/h2-8H2,1H3. The van der Waals surface area contributed by atoms with Crippen LogP contribution in [0.5, 0.6) is 0 Å². The quantitative estimate of drug-likeness (QED) is 0.394. The van der Waals surface area contributed by atoms with Gasteiger partial charge in [-0.05, 0) is 6.42 Å². The van der Waals surface area contributed by atoms with Crippen LogP contribution in [0.25, 0.3) is 0 Å². The Hall–Kier alpha value is -0.790. The van der Waals surface area contributed by atoms with Gasteiger partial charge in [0.25, 0.3) is 0 Å². The van der Waals surface area contributed by atoms with Crippen molar-refractivity contribution in [2.45, 2.75) is 57.7 Å². The lowest BCUT2D eigenvalue weighted by atomic mass is 10.1. The zero-order valence-electron chi connectivity index (χ0n) is 11.0. The van der Waals surface area contributed by atoms with Crippen LogP contribution in [-0.4, -0.2) is 18.9 Å². The molecule has 0 amide bonds. The number of hydrogen-bond donors (Lipinski definition) is 0. The largest absolute Gasteiger partial charge is 0.445 e. The van der Waals surface area contributed by atoms with E-state index in [-0.39, 0.29) is 6.42 Å². The molecule has 0 heterocycles. The molecule has 1 nitrogen and oxygen atoms in total. The van der Waals surface area contributed by atoms with E-state index in [0.717, 1.165) is 25.7 Å². The van der Waals surface area contributed by atoms with Crippen LogP contribution in [0.4, 0.5) is 30.7 Å². The van der Waals surface area contributed by atoms with Gasteiger partial charge in [0.1, 0.15) is 0 Å². The summed E-state index contributed by atoms with van der Waals surface area (Å²) < 4.78 is 89.6. The van der Waals surface area contributed by atoms with Gasteiger partial charge in [-0.1, -0.05) is 39.0 Å². The van der Waals surface area contributed by atoms with Gasteiger partial charge < -0.3 is 4.74 Å². The molecule has 0 aromatic carbocycles. The van der Waals surface area contributed by atoms with Crippen LogP contribution in [0.15, 0.2) is 11.7 Å². The fraction of sp³-hybridized carbons (Fsp3) is 0.833. The minimum Gasteiger partial charge on any atom is -0.315 e. The van der Waals surface area contributed by atoms with Gasteiger partial charge in [0.15, 0.2) is 0 Å². The number of unbranched alkanes of at least 4 members (excludes halogenated alkanes) is 5. The number of ether oxygens (including phenoxy) is 1. The predicted molar refractivity (Wildman–Crippen MR) is 59.6 cm³/mol. The van der Waals surface area contributed by atoms with E-state index in [2.05, 4.69) is 4.74 Å². The van der Waals surface area contributed by atoms with Crippen molar-refractivity contribution in [1.29, 1.82) is 0 Å². The Morgan fingerprint density at radius 2 is 1.30 bits per heavy atom. The molecule has 0 atom stereocenters. The molecule has 8 heteroatoms. The molecule has 0 aliphatic heterocycles. The maximum atomic E-state index is 12.8. The Kier molecular flexibility index (Phi) is 8.15. The third-order valence-corrected chi connectivity index (χ3v) is 2.48. The van der Waals surface area contributed by atoms with E-state index < -0.39 is 30.5 Å². The highest BCUT2D eigenvalue weighted by Gasteiger charge is 2.48. The molecule has 0 aliphatic rings. The SMILES string of the molecule is CCCCCCCCOC(F)(F)C(F)=C(F)C(F)(F)F. The number of hydrogen-bond acceptors (Lipinski definition) is 1. The minimum absolute atomic E-state index is 0.139. The highest BCUT2D eigenvalue weighted by atomic mass is 19.4. The van der Waals surface area contributed by atoms with Gasteiger partial charge in [0.05, 0.1) is 6.61 Å². The van der Waals surface area contributed by atoms with Crippen LogP contribution in [0, 0.1) is 0 Å². The molecule has 0 aliphatic carbocycles. The van der Waals surface area contributed by atoms with Crippen LogP contribution in [-0.2, 0) is 4.74 Å². The van der Waals surface area contributed by atoms with E-state index in [4.69, 9.17) is 0 Å². The first-order valence-electron chi connectivity index (χ1n) is 6.27. The summed E-state index contributed by atoms with van der Waals surface area (Å²) >= 11 is 0. The number of allylic oxidation sites excluding steroid dienone is 1. The van der Waals surface area contributed by atoms with E-state index in [9.17, 15) is 30.7 Å². The summed E-state index contributed by atoms with van der Waals surface area (Å²) in [5.74, 6) is -6.71. The third kappa shape index (κ3) is 7.12. The van der Waals surface area contributed by atoms with Crippen LogP contribution in [0.2, 0.25) is 0 Å². The average Bonchev–Trinajstić information content (AvgIpc) is 2.34. The summed E-state index contributed by atoms with van der Waals surface area (Å²) in [6, 6.07) is 0. The van der Waals surface area contributed by atoms with Crippen molar-refractivity contribution >= 4 is 0 Å². The highest BCUT2D eigenvalue weighted by molar-refractivity contribution is 5.10. The van der Waals surface area contributed by atoms with Crippen LogP contribution >= 0.6 is 0 Å². The first-order valence-corrected chi connectivity index (χ1v) is 6.27. The minimum atomic E-state index is -5.79. The summed E-state index contributed by atoms with van der Waals surface area (Å²) in [4.78, 5) is 0. The van der Waals surface area contributed by atoms with Crippen LogP contribution < -0.4 is 0 Å². The Morgan fingerprint density at radius 1 is 0.800 bits per heavy atom. The summed E-state index contributed by atoms with van der Waals surface area (Å²) in [6.45, 7) is 1.35. The van der Waals surface area contributed by atoms with Crippen molar-refractivity contribution in [2.24, 2.45) is 0 Å². The number of halogens is 7. The molecular formula is C12H17F7O. The van der Waals surface area contributed by atoms with Gasteiger partial charge >= 0.3 is 12.3 Å². The van der Waals surface area contributed by atoms with Crippen molar-refractivity contribution in [2.75, 3.05) is 6.61 Å². The van der Waals surface area contributed by atoms with E-state index in [1.165, 1.54) is 0 Å². The van der Waals surface area contributed by atoms with E-state index in [1.807, 2.05) is 6.92 Å². The molecule has 120 valence electrons.